The first-order valence-electron chi connectivity index (χ1n) is 12.2. The molecule has 1 N–H and O–H groups in total. The third-order valence-corrected chi connectivity index (χ3v) is 6.50. The lowest BCUT2D eigenvalue weighted by Crippen LogP contribution is -2.20. The molecule has 4 aromatic heterocycles. The van der Waals surface area contributed by atoms with Gasteiger partial charge < -0.3 is 9.72 Å². The quantitative estimate of drug-likeness (QED) is 0.385. The van der Waals surface area contributed by atoms with Crippen LogP contribution in [0.25, 0.3) is 39.8 Å². The molecular formula is C24H28N10O. The molecule has 6 rings (SSSR count). The number of hydrogen-bond donors (Lipinski definition) is 1. The van der Waals surface area contributed by atoms with E-state index < -0.39 is 0 Å². The zero-order chi connectivity index (χ0) is 23.8. The van der Waals surface area contributed by atoms with E-state index in [0.29, 0.717) is 23.5 Å². The van der Waals surface area contributed by atoms with Crippen LogP contribution in [-0.4, -0.2) is 62.7 Å². The molecule has 0 atom stereocenters. The largest absolute Gasteiger partial charge is 0.381 e. The van der Waals surface area contributed by atoms with Crippen molar-refractivity contribution in [2.75, 3.05) is 13.2 Å². The Bertz CT molecular complexity index is 1450. The molecule has 180 valence electrons. The summed E-state index contributed by atoms with van der Waals surface area (Å²) in [6.45, 7) is 6.49. The number of benzene rings is 1. The van der Waals surface area contributed by atoms with Gasteiger partial charge in [-0.15, -0.1) is 10.2 Å². The first-order chi connectivity index (χ1) is 17.2. The van der Waals surface area contributed by atoms with Crippen LogP contribution in [0.1, 0.15) is 44.8 Å². The van der Waals surface area contributed by atoms with Crippen molar-refractivity contribution < 1.29 is 4.74 Å². The number of nitrogens with zero attached hydrogens (tertiary/aromatic N) is 9. The Labute approximate surface area is 202 Å². The van der Waals surface area contributed by atoms with Gasteiger partial charge in [-0.3, -0.25) is 4.68 Å². The van der Waals surface area contributed by atoms with Gasteiger partial charge in [-0.05, 0) is 44.4 Å². The van der Waals surface area contributed by atoms with Crippen molar-refractivity contribution in [3.8, 4) is 28.7 Å². The topological polar surface area (TPSA) is 117 Å². The maximum atomic E-state index is 5.52. The van der Waals surface area contributed by atoms with Gasteiger partial charge in [-0.1, -0.05) is 18.6 Å². The Balaban J connectivity index is 1.48. The second-order valence-electron chi connectivity index (χ2n) is 8.75. The van der Waals surface area contributed by atoms with Gasteiger partial charge in [0.1, 0.15) is 0 Å². The number of hydrogen-bond acceptors (Lipinski definition) is 7. The summed E-state index contributed by atoms with van der Waals surface area (Å²) >= 11 is 0. The molecule has 0 amide bonds. The standard InChI is InChI=1S/C24H28N10O/c1-3-5-20-22(28-31-32(20)4-2)24-27-23(16-6-7-18-19(14-16)26-15-25-18)30-34(24)21-8-11-33(29-21)17-9-12-35-13-10-17/h6-8,11,14-15,17H,3-5,9-10,12-13H2,1-2H3,(H,25,26). The Morgan fingerprint density at radius 1 is 1.11 bits per heavy atom. The van der Waals surface area contributed by atoms with Gasteiger partial charge in [0.2, 0.25) is 0 Å². The van der Waals surface area contributed by atoms with E-state index in [2.05, 4.69) is 34.1 Å². The van der Waals surface area contributed by atoms with Crippen molar-refractivity contribution in [3.63, 3.8) is 0 Å². The SMILES string of the molecule is CCCc1c(-c2nc(-c3ccc4nc[nH]c4c3)nn2-c2ccn(C3CCOCC3)n2)nnn1CC. The molecule has 35 heavy (non-hydrogen) atoms. The van der Waals surface area contributed by atoms with Crippen LogP contribution >= 0.6 is 0 Å². The van der Waals surface area contributed by atoms with Gasteiger partial charge in [-0.2, -0.15) is 9.78 Å². The smallest absolute Gasteiger partial charge is 0.187 e. The summed E-state index contributed by atoms with van der Waals surface area (Å²) in [4.78, 5) is 12.4. The summed E-state index contributed by atoms with van der Waals surface area (Å²) < 4.78 is 11.3. The van der Waals surface area contributed by atoms with Crippen LogP contribution in [0, 0.1) is 0 Å². The molecule has 0 aliphatic carbocycles. The van der Waals surface area contributed by atoms with Crippen LogP contribution in [0.5, 0.6) is 0 Å². The van der Waals surface area contributed by atoms with Crippen LogP contribution in [0.4, 0.5) is 0 Å². The first-order valence-corrected chi connectivity index (χ1v) is 12.2. The minimum Gasteiger partial charge on any atom is -0.381 e. The number of imidazole rings is 1. The van der Waals surface area contributed by atoms with E-state index in [-0.39, 0.29) is 0 Å². The van der Waals surface area contributed by atoms with E-state index in [9.17, 15) is 0 Å². The predicted molar refractivity (Wildman–Crippen MR) is 130 cm³/mol. The minimum absolute atomic E-state index is 0.323. The molecule has 1 aliphatic heterocycles. The van der Waals surface area contributed by atoms with Crippen molar-refractivity contribution in [3.05, 3.63) is 42.5 Å². The minimum atomic E-state index is 0.323. The lowest BCUT2D eigenvalue weighted by molar-refractivity contribution is 0.0662. The Morgan fingerprint density at radius 3 is 2.83 bits per heavy atom. The molecule has 0 radical (unpaired) electrons. The highest BCUT2D eigenvalue weighted by molar-refractivity contribution is 5.80. The monoisotopic (exact) mass is 472 g/mol. The normalized spacial score (nSPS) is 14.8. The maximum Gasteiger partial charge on any atom is 0.187 e. The fraction of sp³-hybridized carbons (Fsp3) is 0.417. The molecule has 1 saturated heterocycles. The molecule has 1 fully saturated rings. The van der Waals surface area contributed by atoms with Crippen LogP contribution < -0.4 is 0 Å². The lowest BCUT2D eigenvalue weighted by atomic mass is 10.1. The van der Waals surface area contributed by atoms with E-state index in [1.165, 1.54) is 0 Å². The lowest BCUT2D eigenvalue weighted by Gasteiger charge is -2.22. The average Bonchev–Trinajstić information content (AvgIpc) is 3.69. The highest BCUT2D eigenvalue weighted by Crippen LogP contribution is 2.29. The van der Waals surface area contributed by atoms with Gasteiger partial charge >= 0.3 is 0 Å². The first kappa shape index (κ1) is 21.7. The molecular weight excluding hydrogens is 444 g/mol. The van der Waals surface area contributed by atoms with Crippen LogP contribution in [0.3, 0.4) is 0 Å². The van der Waals surface area contributed by atoms with E-state index in [1.54, 1.807) is 11.0 Å². The van der Waals surface area contributed by atoms with Gasteiger partial charge in [0.15, 0.2) is 23.2 Å². The number of aromatic nitrogens is 10. The highest BCUT2D eigenvalue weighted by atomic mass is 16.5. The van der Waals surface area contributed by atoms with E-state index in [1.807, 2.05) is 39.8 Å². The Morgan fingerprint density at radius 2 is 2.00 bits per heavy atom. The van der Waals surface area contributed by atoms with Crippen LogP contribution in [0.2, 0.25) is 0 Å². The van der Waals surface area contributed by atoms with Crippen molar-refractivity contribution >= 4 is 11.0 Å². The van der Waals surface area contributed by atoms with Gasteiger partial charge in [0.05, 0.1) is 29.1 Å². The summed E-state index contributed by atoms with van der Waals surface area (Å²) in [7, 11) is 0. The molecule has 0 bridgehead atoms. The molecule has 0 spiro atoms. The predicted octanol–water partition coefficient (Wildman–Crippen LogP) is 3.59. The number of ether oxygens (including phenoxy) is 1. The number of aryl methyl sites for hydroxylation is 1. The van der Waals surface area contributed by atoms with Gasteiger partial charge in [0, 0.05) is 37.6 Å². The van der Waals surface area contributed by atoms with Crippen LogP contribution in [-0.2, 0) is 17.7 Å². The molecule has 0 unspecified atom stereocenters. The van der Waals surface area contributed by atoms with Crippen molar-refractivity contribution in [2.45, 2.75) is 52.1 Å². The Hall–Kier alpha value is -3.86. The number of fused-ring (bicyclic) bond motifs is 1. The number of H-pyrrole nitrogens is 1. The van der Waals surface area contributed by atoms with E-state index in [0.717, 1.165) is 73.4 Å². The number of aromatic amines is 1. The molecule has 0 saturated carbocycles. The van der Waals surface area contributed by atoms with Gasteiger partial charge in [-0.25, -0.2) is 14.6 Å². The summed E-state index contributed by atoms with van der Waals surface area (Å²) in [5.74, 6) is 1.96. The van der Waals surface area contributed by atoms with Gasteiger partial charge in [0.25, 0.3) is 0 Å². The molecule has 1 aromatic carbocycles. The van der Waals surface area contributed by atoms with E-state index in [4.69, 9.17) is 19.9 Å². The van der Waals surface area contributed by atoms with E-state index >= 15 is 0 Å². The third-order valence-electron chi connectivity index (χ3n) is 6.50. The Kier molecular flexibility index (Phi) is 5.61. The van der Waals surface area contributed by atoms with Crippen LogP contribution in [0.15, 0.2) is 36.8 Å². The average molecular weight is 473 g/mol. The zero-order valence-electron chi connectivity index (χ0n) is 19.9. The maximum absolute atomic E-state index is 5.52. The summed E-state index contributed by atoms with van der Waals surface area (Å²) in [5, 5.41) is 18.7. The molecule has 1 aliphatic rings. The summed E-state index contributed by atoms with van der Waals surface area (Å²) in [5.41, 5.74) is 4.54. The fourth-order valence-corrected chi connectivity index (χ4v) is 4.66. The fourth-order valence-electron chi connectivity index (χ4n) is 4.66. The highest BCUT2D eigenvalue weighted by Gasteiger charge is 2.24. The second kappa shape index (κ2) is 9.06. The molecule has 11 nitrogen and oxygen atoms in total. The van der Waals surface area contributed by atoms with Crippen molar-refractivity contribution in [2.24, 2.45) is 0 Å². The van der Waals surface area contributed by atoms with Crippen molar-refractivity contribution in [1.82, 2.24) is 49.5 Å². The zero-order valence-corrected chi connectivity index (χ0v) is 19.9. The molecule has 5 aromatic rings. The van der Waals surface area contributed by atoms with Crippen molar-refractivity contribution in [1.29, 1.82) is 0 Å². The summed E-state index contributed by atoms with van der Waals surface area (Å²) in [6, 6.07) is 8.28. The second-order valence-corrected chi connectivity index (χ2v) is 8.75. The number of rotatable bonds is 7. The third kappa shape index (κ3) is 3.91. The number of nitrogens with one attached hydrogen (secondary N) is 1. The molecule has 5 heterocycles. The molecule has 11 heteroatoms. The summed E-state index contributed by atoms with van der Waals surface area (Å²) in [6.07, 6.45) is 7.45.